The van der Waals surface area contributed by atoms with Gasteiger partial charge in [0.2, 0.25) is 0 Å². The van der Waals surface area contributed by atoms with E-state index in [-0.39, 0.29) is 5.54 Å². The Morgan fingerprint density at radius 3 is 2.63 bits per heavy atom. The average Bonchev–Trinajstić information content (AvgIpc) is 3.24. The average molecular weight is 363 g/mol. The molecule has 2 aromatic carbocycles. The third-order valence-corrected chi connectivity index (χ3v) is 5.38. The van der Waals surface area contributed by atoms with Crippen molar-refractivity contribution in [1.29, 1.82) is 0 Å². The van der Waals surface area contributed by atoms with Crippen LogP contribution in [-0.4, -0.2) is 27.3 Å². The summed E-state index contributed by atoms with van der Waals surface area (Å²) in [5.74, 6) is 1.68. The Kier molecular flexibility index (Phi) is 5.16. The highest BCUT2D eigenvalue weighted by atomic mass is 16.5. The van der Waals surface area contributed by atoms with Crippen LogP contribution >= 0.6 is 0 Å². The zero-order valence-corrected chi connectivity index (χ0v) is 15.6. The number of aromatic nitrogens is 4. The molecule has 1 heterocycles. The van der Waals surface area contributed by atoms with Crippen molar-refractivity contribution in [2.24, 2.45) is 0 Å². The van der Waals surface area contributed by atoms with Gasteiger partial charge in [-0.15, -0.1) is 5.10 Å². The SMILES string of the molecule is COc1cccc(-n2nnnc2C2(NCc3ccccc3)CCCCC2)c1. The fourth-order valence-electron chi connectivity index (χ4n) is 3.90. The first kappa shape index (κ1) is 17.7. The van der Waals surface area contributed by atoms with E-state index in [2.05, 4.69) is 45.1 Å². The van der Waals surface area contributed by atoms with Crippen molar-refractivity contribution in [2.75, 3.05) is 7.11 Å². The van der Waals surface area contributed by atoms with Crippen molar-refractivity contribution in [3.8, 4) is 11.4 Å². The minimum Gasteiger partial charge on any atom is -0.497 e. The van der Waals surface area contributed by atoms with Crippen LogP contribution in [0.3, 0.4) is 0 Å². The molecule has 1 aliphatic carbocycles. The quantitative estimate of drug-likeness (QED) is 0.725. The highest BCUT2D eigenvalue weighted by molar-refractivity contribution is 5.39. The Labute approximate surface area is 159 Å². The van der Waals surface area contributed by atoms with Gasteiger partial charge in [-0.2, -0.15) is 4.68 Å². The highest BCUT2D eigenvalue weighted by Gasteiger charge is 2.38. The molecular formula is C21H25N5O. The topological polar surface area (TPSA) is 64.9 Å². The number of ether oxygens (including phenoxy) is 1. The van der Waals surface area contributed by atoms with E-state index >= 15 is 0 Å². The number of benzene rings is 2. The Hall–Kier alpha value is -2.73. The number of hydrogen-bond acceptors (Lipinski definition) is 5. The van der Waals surface area contributed by atoms with E-state index in [4.69, 9.17) is 4.74 Å². The zero-order chi connectivity index (χ0) is 18.5. The minimum absolute atomic E-state index is 0.222. The van der Waals surface area contributed by atoms with E-state index in [9.17, 15) is 0 Å². The van der Waals surface area contributed by atoms with Crippen LogP contribution in [0.4, 0.5) is 0 Å². The molecule has 1 saturated carbocycles. The van der Waals surface area contributed by atoms with Crippen LogP contribution in [0.25, 0.3) is 5.69 Å². The van der Waals surface area contributed by atoms with E-state index in [0.717, 1.165) is 36.6 Å². The molecule has 0 radical (unpaired) electrons. The molecule has 0 saturated heterocycles. The summed E-state index contributed by atoms with van der Waals surface area (Å²) in [6.07, 6.45) is 5.67. The van der Waals surface area contributed by atoms with Crippen molar-refractivity contribution >= 4 is 0 Å². The van der Waals surface area contributed by atoms with Gasteiger partial charge in [0, 0.05) is 12.6 Å². The molecule has 6 nitrogen and oxygen atoms in total. The van der Waals surface area contributed by atoms with Crippen LogP contribution < -0.4 is 10.1 Å². The fourth-order valence-corrected chi connectivity index (χ4v) is 3.90. The minimum atomic E-state index is -0.222. The van der Waals surface area contributed by atoms with Crippen molar-refractivity contribution in [3.05, 3.63) is 66.0 Å². The lowest BCUT2D eigenvalue weighted by Gasteiger charge is -2.37. The molecule has 3 aromatic rings. The number of nitrogens with one attached hydrogen (secondary N) is 1. The first-order valence-electron chi connectivity index (χ1n) is 9.53. The van der Waals surface area contributed by atoms with Gasteiger partial charge in [0.05, 0.1) is 18.3 Å². The Bertz CT molecular complexity index is 871. The first-order valence-corrected chi connectivity index (χ1v) is 9.53. The third kappa shape index (κ3) is 3.71. The maximum absolute atomic E-state index is 5.37. The molecule has 1 fully saturated rings. The predicted molar refractivity (Wildman–Crippen MR) is 104 cm³/mol. The molecule has 0 bridgehead atoms. The van der Waals surface area contributed by atoms with Gasteiger partial charge >= 0.3 is 0 Å². The third-order valence-electron chi connectivity index (χ3n) is 5.38. The molecule has 0 aliphatic heterocycles. The lowest BCUT2D eigenvalue weighted by Crippen LogP contribution is -2.45. The summed E-state index contributed by atoms with van der Waals surface area (Å²) in [5.41, 5.74) is 1.96. The molecule has 0 unspecified atom stereocenters. The smallest absolute Gasteiger partial charge is 0.176 e. The molecule has 1 aliphatic rings. The van der Waals surface area contributed by atoms with E-state index < -0.39 is 0 Å². The summed E-state index contributed by atoms with van der Waals surface area (Å²) < 4.78 is 7.22. The van der Waals surface area contributed by atoms with Crippen molar-refractivity contribution in [3.63, 3.8) is 0 Å². The molecular weight excluding hydrogens is 338 g/mol. The normalized spacial score (nSPS) is 16.2. The fraction of sp³-hybridized carbons (Fsp3) is 0.381. The van der Waals surface area contributed by atoms with Gasteiger partial charge in [0.15, 0.2) is 5.82 Å². The van der Waals surface area contributed by atoms with Gasteiger partial charge in [0.1, 0.15) is 5.75 Å². The largest absolute Gasteiger partial charge is 0.497 e. The van der Waals surface area contributed by atoms with E-state index in [1.807, 2.05) is 35.0 Å². The van der Waals surface area contributed by atoms with E-state index in [0.29, 0.717) is 0 Å². The second-order valence-electron chi connectivity index (χ2n) is 7.10. The highest BCUT2D eigenvalue weighted by Crippen LogP contribution is 2.37. The van der Waals surface area contributed by atoms with Gasteiger partial charge in [-0.25, -0.2) is 0 Å². The molecule has 0 atom stereocenters. The lowest BCUT2D eigenvalue weighted by atomic mass is 9.80. The summed E-state index contributed by atoms with van der Waals surface area (Å²) in [4.78, 5) is 0. The predicted octanol–water partition coefficient (Wildman–Crippen LogP) is 3.62. The maximum atomic E-state index is 5.37. The maximum Gasteiger partial charge on any atom is 0.176 e. The molecule has 0 spiro atoms. The Morgan fingerprint density at radius 2 is 1.85 bits per heavy atom. The van der Waals surface area contributed by atoms with Crippen LogP contribution in [-0.2, 0) is 12.1 Å². The van der Waals surface area contributed by atoms with Crippen LogP contribution in [0, 0.1) is 0 Å². The van der Waals surface area contributed by atoms with Crippen LogP contribution in [0.5, 0.6) is 5.75 Å². The zero-order valence-electron chi connectivity index (χ0n) is 15.6. The summed E-state index contributed by atoms with van der Waals surface area (Å²) in [5, 5.41) is 16.6. The number of tetrazole rings is 1. The van der Waals surface area contributed by atoms with Gasteiger partial charge in [-0.05, 0) is 41.0 Å². The number of nitrogens with zero attached hydrogens (tertiary/aromatic N) is 4. The second kappa shape index (κ2) is 7.88. The molecule has 27 heavy (non-hydrogen) atoms. The van der Waals surface area contributed by atoms with Gasteiger partial charge < -0.3 is 10.1 Å². The Morgan fingerprint density at radius 1 is 1.04 bits per heavy atom. The van der Waals surface area contributed by atoms with Crippen LogP contribution in [0.2, 0.25) is 0 Å². The summed E-state index contributed by atoms with van der Waals surface area (Å²) in [6.45, 7) is 0.797. The lowest BCUT2D eigenvalue weighted by molar-refractivity contribution is 0.214. The molecule has 4 rings (SSSR count). The molecule has 1 aromatic heterocycles. The number of rotatable bonds is 6. The molecule has 140 valence electrons. The van der Waals surface area contributed by atoms with Crippen molar-refractivity contribution in [2.45, 2.75) is 44.2 Å². The van der Waals surface area contributed by atoms with Gasteiger partial charge in [0.25, 0.3) is 0 Å². The standard InChI is InChI=1S/C21H25N5O/c1-27-19-12-8-11-18(15-19)26-20(23-24-25-26)21(13-6-3-7-14-21)22-16-17-9-4-2-5-10-17/h2,4-5,8-12,15,22H,3,6-7,13-14,16H2,1H3. The summed E-state index contributed by atoms with van der Waals surface area (Å²) >= 11 is 0. The van der Waals surface area contributed by atoms with E-state index in [1.54, 1.807) is 7.11 Å². The van der Waals surface area contributed by atoms with Crippen LogP contribution in [0.1, 0.15) is 43.5 Å². The van der Waals surface area contributed by atoms with Crippen molar-refractivity contribution < 1.29 is 4.74 Å². The summed E-state index contributed by atoms with van der Waals surface area (Å²) in [7, 11) is 1.67. The van der Waals surface area contributed by atoms with Crippen molar-refractivity contribution in [1.82, 2.24) is 25.5 Å². The van der Waals surface area contributed by atoms with Crippen LogP contribution in [0.15, 0.2) is 54.6 Å². The number of hydrogen-bond donors (Lipinski definition) is 1. The monoisotopic (exact) mass is 363 g/mol. The van der Waals surface area contributed by atoms with Gasteiger partial charge in [-0.1, -0.05) is 55.7 Å². The van der Waals surface area contributed by atoms with E-state index in [1.165, 1.54) is 24.8 Å². The Balaban J connectivity index is 1.68. The molecule has 0 amide bonds. The molecule has 6 heteroatoms. The summed E-state index contributed by atoms with van der Waals surface area (Å²) in [6, 6.07) is 18.4. The number of methoxy groups -OCH3 is 1. The second-order valence-corrected chi connectivity index (χ2v) is 7.10. The molecule has 1 N–H and O–H groups in total. The first-order chi connectivity index (χ1) is 13.3. The van der Waals surface area contributed by atoms with Gasteiger partial charge in [-0.3, -0.25) is 0 Å².